The van der Waals surface area contributed by atoms with Gasteiger partial charge in [-0.05, 0) is 42.0 Å². The van der Waals surface area contributed by atoms with Crippen molar-refractivity contribution < 1.29 is 18.7 Å². The summed E-state index contributed by atoms with van der Waals surface area (Å²) in [6, 6.07) is 20.5. The molecule has 5 rings (SSSR count). The summed E-state index contributed by atoms with van der Waals surface area (Å²) in [5.41, 5.74) is 1.81. The van der Waals surface area contributed by atoms with Crippen molar-refractivity contribution in [2.75, 3.05) is 43.5 Å². The van der Waals surface area contributed by atoms with E-state index in [4.69, 9.17) is 9.15 Å². The number of fused-ring (bicyclic) bond motifs is 1. The van der Waals surface area contributed by atoms with E-state index in [1.54, 1.807) is 24.3 Å². The third-order valence-electron chi connectivity index (χ3n) is 6.12. The van der Waals surface area contributed by atoms with E-state index in [0.29, 0.717) is 42.8 Å². The number of piperazine rings is 1. The molecule has 8 heteroatoms. The molecule has 1 saturated heterocycles. The van der Waals surface area contributed by atoms with Crippen LogP contribution in [0.15, 0.2) is 77.3 Å². The lowest BCUT2D eigenvalue weighted by atomic mass is 10.1. The molecule has 8 nitrogen and oxygen atoms in total. The number of nitrogens with one attached hydrogen (secondary N) is 1. The summed E-state index contributed by atoms with van der Waals surface area (Å²) in [6.07, 6.45) is 1.93. The molecule has 2 aromatic carbocycles. The fourth-order valence-corrected chi connectivity index (χ4v) is 4.26. The number of carbonyl (C=O) groups excluding carboxylic acids is 2. The zero-order valence-corrected chi connectivity index (χ0v) is 19.4. The molecular weight excluding hydrogens is 444 g/mol. The van der Waals surface area contributed by atoms with E-state index in [9.17, 15) is 9.59 Å². The number of methoxy groups -OCH3 is 1. The lowest BCUT2D eigenvalue weighted by Gasteiger charge is -2.35. The summed E-state index contributed by atoms with van der Waals surface area (Å²) in [5, 5.41) is 3.63. The van der Waals surface area contributed by atoms with Crippen molar-refractivity contribution in [3.05, 3.63) is 84.3 Å². The number of nitrogens with zero attached hydrogens (tertiary/aromatic N) is 3. The lowest BCUT2D eigenvalue weighted by Crippen LogP contribution is -2.49. The predicted octanol–water partition coefficient (Wildman–Crippen LogP) is 3.98. The van der Waals surface area contributed by atoms with Crippen LogP contribution in [0.3, 0.4) is 0 Å². The van der Waals surface area contributed by atoms with Crippen molar-refractivity contribution in [2.24, 2.45) is 0 Å². The van der Waals surface area contributed by atoms with Crippen LogP contribution in [0.2, 0.25) is 0 Å². The highest BCUT2D eigenvalue weighted by Crippen LogP contribution is 2.32. The van der Waals surface area contributed by atoms with Gasteiger partial charge in [-0.3, -0.25) is 9.59 Å². The minimum absolute atomic E-state index is 0.153. The first kappa shape index (κ1) is 22.5. The molecule has 0 radical (unpaired) electrons. The fraction of sp³-hybridized carbons (Fsp3) is 0.222. The van der Waals surface area contributed by atoms with E-state index in [1.807, 2.05) is 60.7 Å². The maximum Gasteiger partial charge on any atom is 0.291 e. The summed E-state index contributed by atoms with van der Waals surface area (Å²) < 4.78 is 11.1. The van der Waals surface area contributed by atoms with Gasteiger partial charge in [0.25, 0.3) is 5.91 Å². The number of anilines is 2. The van der Waals surface area contributed by atoms with Crippen molar-refractivity contribution in [2.45, 2.75) is 6.42 Å². The Bertz CT molecular complexity index is 1330. The Morgan fingerprint density at radius 3 is 2.43 bits per heavy atom. The molecule has 178 valence electrons. The molecule has 0 saturated carbocycles. The highest BCUT2D eigenvalue weighted by atomic mass is 16.5. The zero-order chi connectivity index (χ0) is 24.2. The first-order chi connectivity index (χ1) is 17.1. The van der Waals surface area contributed by atoms with Crippen LogP contribution in [0.5, 0.6) is 5.75 Å². The van der Waals surface area contributed by atoms with Gasteiger partial charge in [0.2, 0.25) is 11.7 Å². The van der Waals surface area contributed by atoms with E-state index in [0.717, 1.165) is 17.1 Å². The third kappa shape index (κ3) is 4.82. The Morgan fingerprint density at radius 2 is 1.71 bits per heavy atom. The first-order valence-corrected chi connectivity index (χ1v) is 11.5. The first-order valence-electron chi connectivity index (χ1n) is 11.5. The second-order valence-corrected chi connectivity index (χ2v) is 8.34. The largest absolute Gasteiger partial charge is 0.497 e. The van der Waals surface area contributed by atoms with E-state index in [1.165, 1.54) is 0 Å². The Labute approximate surface area is 203 Å². The quantitative estimate of drug-likeness (QED) is 0.459. The number of furan rings is 1. The van der Waals surface area contributed by atoms with Gasteiger partial charge < -0.3 is 24.3 Å². The van der Waals surface area contributed by atoms with Crippen molar-refractivity contribution in [3.8, 4) is 5.75 Å². The van der Waals surface area contributed by atoms with Crippen LogP contribution in [0.1, 0.15) is 16.1 Å². The number of carbonyl (C=O) groups is 2. The monoisotopic (exact) mass is 470 g/mol. The molecule has 4 aromatic rings. The Hall–Kier alpha value is -4.33. The summed E-state index contributed by atoms with van der Waals surface area (Å²) in [5.74, 6) is 1.32. The highest BCUT2D eigenvalue weighted by Gasteiger charge is 2.29. The average molecular weight is 471 g/mol. The minimum atomic E-state index is -0.235. The summed E-state index contributed by atoms with van der Waals surface area (Å²) in [7, 11) is 1.60. The van der Waals surface area contributed by atoms with Crippen LogP contribution in [-0.2, 0) is 11.2 Å². The van der Waals surface area contributed by atoms with Gasteiger partial charge in [0.05, 0.1) is 13.5 Å². The van der Waals surface area contributed by atoms with Gasteiger partial charge in [-0.15, -0.1) is 0 Å². The highest BCUT2D eigenvalue weighted by molar-refractivity contribution is 6.11. The number of aromatic nitrogens is 1. The number of hydrogen-bond acceptors (Lipinski definition) is 6. The maximum atomic E-state index is 13.5. The van der Waals surface area contributed by atoms with Crippen molar-refractivity contribution >= 4 is 34.3 Å². The molecule has 0 atom stereocenters. The van der Waals surface area contributed by atoms with E-state index in [2.05, 4.69) is 15.2 Å². The second-order valence-electron chi connectivity index (χ2n) is 8.34. The lowest BCUT2D eigenvalue weighted by molar-refractivity contribution is -0.115. The van der Waals surface area contributed by atoms with E-state index >= 15 is 0 Å². The third-order valence-corrected chi connectivity index (χ3v) is 6.12. The molecule has 0 spiro atoms. The molecule has 1 fully saturated rings. The van der Waals surface area contributed by atoms with Gasteiger partial charge in [0.1, 0.15) is 22.8 Å². The molecule has 0 unspecified atom stereocenters. The molecule has 3 heterocycles. The average Bonchev–Trinajstić information content (AvgIpc) is 3.27. The number of benzene rings is 2. The SMILES string of the molecule is COc1ccc(CC(=O)Nc2c(C(=O)N3CCN(c4ccccn4)CC3)oc3ccccc23)cc1. The van der Waals surface area contributed by atoms with Gasteiger partial charge in [0, 0.05) is 37.8 Å². The van der Waals surface area contributed by atoms with Gasteiger partial charge in [0.15, 0.2) is 0 Å². The Balaban J connectivity index is 1.33. The van der Waals surface area contributed by atoms with Crippen molar-refractivity contribution in [1.29, 1.82) is 0 Å². The number of hydrogen-bond donors (Lipinski definition) is 1. The number of pyridine rings is 1. The molecule has 1 aliphatic rings. The molecule has 1 N–H and O–H groups in total. The van der Waals surface area contributed by atoms with Gasteiger partial charge in [-0.1, -0.05) is 30.3 Å². The van der Waals surface area contributed by atoms with Crippen LogP contribution in [0.4, 0.5) is 11.5 Å². The summed E-state index contributed by atoms with van der Waals surface area (Å²) in [6.45, 7) is 2.40. The number of ether oxygens (including phenoxy) is 1. The van der Waals surface area contributed by atoms with Gasteiger partial charge in [-0.25, -0.2) is 4.98 Å². The zero-order valence-electron chi connectivity index (χ0n) is 19.4. The molecule has 2 aromatic heterocycles. The maximum absolute atomic E-state index is 13.5. The number of amides is 2. The van der Waals surface area contributed by atoms with E-state index in [-0.39, 0.29) is 24.0 Å². The molecule has 1 aliphatic heterocycles. The number of para-hydroxylation sites is 1. The standard InChI is InChI=1S/C27H26N4O4/c1-34-20-11-9-19(10-12-20)18-24(32)29-25-21-6-2-3-7-22(21)35-26(25)27(33)31-16-14-30(15-17-31)23-8-4-5-13-28-23/h2-13H,14-18H2,1H3,(H,29,32). The summed E-state index contributed by atoms with van der Waals surface area (Å²) >= 11 is 0. The van der Waals surface area contributed by atoms with Crippen LogP contribution >= 0.6 is 0 Å². The van der Waals surface area contributed by atoms with Crippen molar-refractivity contribution in [1.82, 2.24) is 9.88 Å². The fourth-order valence-electron chi connectivity index (χ4n) is 4.26. The van der Waals surface area contributed by atoms with Crippen molar-refractivity contribution in [3.63, 3.8) is 0 Å². The van der Waals surface area contributed by atoms with Crippen LogP contribution in [0.25, 0.3) is 11.0 Å². The van der Waals surface area contributed by atoms with Gasteiger partial charge in [-0.2, -0.15) is 0 Å². The molecule has 0 bridgehead atoms. The molecule has 35 heavy (non-hydrogen) atoms. The smallest absolute Gasteiger partial charge is 0.291 e. The van der Waals surface area contributed by atoms with Crippen LogP contribution < -0.4 is 15.0 Å². The minimum Gasteiger partial charge on any atom is -0.497 e. The molecular formula is C27H26N4O4. The van der Waals surface area contributed by atoms with Crippen LogP contribution in [-0.4, -0.2) is 55.0 Å². The number of rotatable bonds is 6. The van der Waals surface area contributed by atoms with E-state index < -0.39 is 0 Å². The Kier molecular flexibility index (Phi) is 6.34. The Morgan fingerprint density at radius 1 is 0.971 bits per heavy atom. The molecule has 0 aliphatic carbocycles. The van der Waals surface area contributed by atoms with Crippen LogP contribution in [0, 0.1) is 0 Å². The van der Waals surface area contributed by atoms with Gasteiger partial charge >= 0.3 is 0 Å². The molecule has 2 amide bonds. The second kappa shape index (κ2) is 9.89. The predicted molar refractivity (Wildman–Crippen MR) is 134 cm³/mol. The normalized spacial score (nSPS) is 13.6. The topological polar surface area (TPSA) is 87.9 Å². The summed E-state index contributed by atoms with van der Waals surface area (Å²) in [4.78, 5) is 34.7.